The van der Waals surface area contributed by atoms with Crippen LogP contribution >= 0.6 is 0 Å². The average molecular weight is 228 g/mol. The number of nitrogens with zero attached hydrogens (tertiary/aromatic N) is 2. The first-order valence-electron chi connectivity index (χ1n) is 6.15. The van der Waals surface area contributed by atoms with Gasteiger partial charge in [-0.1, -0.05) is 0 Å². The Kier molecular flexibility index (Phi) is 5.22. The van der Waals surface area contributed by atoms with Gasteiger partial charge in [-0.15, -0.1) is 0 Å². The standard InChI is InChI=1S/C12H24N2O2/c1-10(2)13(6-7-15)8-12-4-5-14(9-12)11(3)16/h10,12,15H,4-9H2,1-3H3/t12-/m0/s1. The van der Waals surface area contributed by atoms with Gasteiger partial charge in [0.25, 0.3) is 0 Å². The Morgan fingerprint density at radius 2 is 2.25 bits per heavy atom. The molecular weight excluding hydrogens is 204 g/mol. The van der Waals surface area contributed by atoms with Gasteiger partial charge in [-0.2, -0.15) is 0 Å². The number of likely N-dealkylation sites (tertiary alicyclic amines) is 1. The number of carbonyl (C=O) groups is 1. The highest BCUT2D eigenvalue weighted by atomic mass is 16.3. The molecule has 0 radical (unpaired) electrons. The zero-order valence-corrected chi connectivity index (χ0v) is 10.6. The predicted octanol–water partition coefficient (Wildman–Crippen LogP) is 0.557. The first-order valence-corrected chi connectivity index (χ1v) is 6.15. The second-order valence-corrected chi connectivity index (χ2v) is 4.93. The summed E-state index contributed by atoms with van der Waals surface area (Å²) in [6, 6.07) is 0.457. The minimum absolute atomic E-state index is 0.181. The molecule has 0 aromatic rings. The first kappa shape index (κ1) is 13.5. The van der Waals surface area contributed by atoms with Crippen LogP contribution in [0.5, 0.6) is 0 Å². The lowest BCUT2D eigenvalue weighted by Gasteiger charge is -2.28. The van der Waals surface area contributed by atoms with Crippen LogP contribution in [0.1, 0.15) is 27.2 Å². The van der Waals surface area contributed by atoms with Crippen LogP contribution < -0.4 is 0 Å². The SMILES string of the molecule is CC(=O)N1CC[C@@H](CN(CCO)C(C)C)C1. The van der Waals surface area contributed by atoms with E-state index in [1.165, 1.54) is 0 Å². The molecule has 1 aliphatic heterocycles. The van der Waals surface area contributed by atoms with Crippen LogP contribution in [-0.4, -0.2) is 59.6 Å². The molecule has 94 valence electrons. The summed E-state index contributed by atoms with van der Waals surface area (Å²) in [5, 5.41) is 8.99. The predicted molar refractivity (Wildman–Crippen MR) is 64.2 cm³/mol. The van der Waals surface area contributed by atoms with Gasteiger partial charge >= 0.3 is 0 Å². The molecule has 1 fully saturated rings. The number of carbonyl (C=O) groups excluding carboxylic acids is 1. The molecule has 0 aromatic heterocycles. The molecule has 1 saturated heterocycles. The summed E-state index contributed by atoms with van der Waals surface area (Å²) >= 11 is 0. The number of rotatable bonds is 5. The highest BCUT2D eigenvalue weighted by Crippen LogP contribution is 2.18. The molecule has 0 unspecified atom stereocenters. The molecule has 0 saturated carbocycles. The van der Waals surface area contributed by atoms with Crippen LogP contribution in [0.2, 0.25) is 0 Å². The first-order chi connectivity index (χ1) is 7.54. The molecule has 1 aliphatic rings. The van der Waals surface area contributed by atoms with Crippen molar-refractivity contribution in [2.75, 3.05) is 32.8 Å². The Balaban J connectivity index is 2.39. The molecule has 4 nitrogen and oxygen atoms in total. The zero-order chi connectivity index (χ0) is 12.1. The fourth-order valence-electron chi connectivity index (χ4n) is 2.29. The monoisotopic (exact) mass is 228 g/mol. The maximum atomic E-state index is 11.2. The van der Waals surface area contributed by atoms with E-state index in [2.05, 4.69) is 18.7 Å². The summed E-state index contributed by atoms with van der Waals surface area (Å²) < 4.78 is 0. The molecule has 1 N–H and O–H groups in total. The van der Waals surface area contributed by atoms with Gasteiger partial charge in [0.2, 0.25) is 5.91 Å². The average Bonchev–Trinajstić information content (AvgIpc) is 2.65. The van der Waals surface area contributed by atoms with Crippen molar-refractivity contribution in [1.82, 2.24) is 9.80 Å². The molecule has 1 rings (SSSR count). The summed E-state index contributed by atoms with van der Waals surface area (Å²) in [4.78, 5) is 15.4. The van der Waals surface area contributed by atoms with Crippen LogP contribution in [0.25, 0.3) is 0 Å². The third-order valence-electron chi connectivity index (χ3n) is 3.34. The highest BCUT2D eigenvalue weighted by Gasteiger charge is 2.26. The maximum absolute atomic E-state index is 11.2. The van der Waals surface area contributed by atoms with Crippen molar-refractivity contribution < 1.29 is 9.90 Å². The molecular formula is C12H24N2O2. The minimum Gasteiger partial charge on any atom is -0.395 e. The smallest absolute Gasteiger partial charge is 0.219 e. The molecule has 0 spiro atoms. The van der Waals surface area contributed by atoms with E-state index in [-0.39, 0.29) is 12.5 Å². The Morgan fingerprint density at radius 3 is 2.69 bits per heavy atom. The minimum atomic E-state index is 0.181. The van der Waals surface area contributed by atoms with Gasteiger partial charge in [0.05, 0.1) is 6.61 Å². The van der Waals surface area contributed by atoms with E-state index in [0.717, 1.165) is 32.6 Å². The van der Waals surface area contributed by atoms with E-state index in [9.17, 15) is 4.79 Å². The Labute approximate surface area is 98.2 Å². The summed E-state index contributed by atoms with van der Waals surface area (Å²) in [6.45, 7) is 9.63. The molecule has 1 amide bonds. The fourth-order valence-corrected chi connectivity index (χ4v) is 2.29. The molecule has 0 aromatic carbocycles. The topological polar surface area (TPSA) is 43.8 Å². The van der Waals surface area contributed by atoms with E-state index in [0.29, 0.717) is 12.0 Å². The number of aliphatic hydroxyl groups is 1. The Bertz CT molecular complexity index is 231. The molecule has 1 heterocycles. The van der Waals surface area contributed by atoms with Crippen molar-refractivity contribution in [3.8, 4) is 0 Å². The van der Waals surface area contributed by atoms with Gasteiger partial charge < -0.3 is 10.0 Å². The van der Waals surface area contributed by atoms with Crippen LogP contribution in [0.4, 0.5) is 0 Å². The fraction of sp³-hybridized carbons (Fsp3) is 0.917. The summed E-state index contributed by atoms with van der Waals surface area (Å²) in [5.74, 6) is 0.749. The van der Waals surface area contributed by atoms with E-state index in [1.54, 1.807) is 6.92 Å². The second-order valence-electron chi connectivity index (χ2n) is 4.93. The summed E-state index contributed by atoms with van der Waals surface area (Å²) in [5.41, 5.74) is 0. The Hall–Kier alpha value is -0.610. The second kappa shape index (κ2) is 6.21. The molecule has 0 bridgehead atoms. The van der Waals surface area contributed by atoms with Gasteiger partial charge in [-0.3, -0.25) is 9.69 Å². The molecule has 16 heavy (non-hydrogen) atoms. The van der Waals surface area contributed by atoms with Crippen molar-refractivity contribution in [2.24, 2.45) is 5.92 Å². The lowest BCUT2D eigenvalue weighted by Crippen LogP contribution is -2.38. The van der Waals surface area contributed by atoms with Crippen LogP contribution in [-0.2, 0) is 4.79 Å². The molecule has 4 heteroatoms. The third-order valence-corrected chi connectivity index (χ3v) is 3.34. The van der Waals surface area contributed by atoms with E-state index in [1.807, 2.05) is 4.90 Å². The van der Waals surface area contributed by atoms with Crippen LogP contribution in [0, 0.1) is 5.92 Å². The van der Waals surface area contributed by atoms with Gasteiger partial charge in [-0.05, 0) is 26.2 Å². The number of amides is 1. The normalized spacial score (nSPS) is 21.1. The lowest BCUT2D eigenvalue weighted by molar-refractivity contribution is -0.127. The zero-order valence-electron chi connectivity index (χ0n) is 10.6. The summed E-state index contributed by atoms with van der Waals surface area (Å²) in [7, 11) is 0. The third kappa shape index (κ3) is 3.76. The number of hydrogen-bond donors (Lipinski definition) is 1. The van der Waals surface area contributed by atoms with Gasteiger partial charge in [0.1, 0.15) is 0 Å². The van der Waals surface area contributed by atoms with Crippen molar-refractivity contribution >= 4 is 5.91 Å². The number of hydrogen-bond acceptors (Lipinski definition) is 3. The molecule has 0 aliphatic carbocycles. The van der Waals surface area contributed by atoms with Crippen LogP contribution in [0.15, 0.2) is 0 Å². The van der Waals surface area contributed by atoms with Crippen molar-refractivity contribution in [3.05, 3.63) is 0 Å². The highest BCUT2D eigenvalue weighted by molar-refractivity contribution is 5.73. The van der Waals surface area contributed by atoms with Crippen molar-refractivity contribution in [3.63, 3.8) is 0 Å². The van der Waals surface area contributed by atoms with E-state index >= 15 is 0 Å². The van der Waals surface area contributed by atoms with E-state index < -0.39 is 0 Å². The summed E-state index contributed by atoms with van der Waals surface area (Å²) in [6.07, 6.45) is 1.09. The van der Waals surface area contributed by atoms with Gasteiger partial charge in [-0.25, -0.2) is 0 Å². The van der Waals surface area contributed by atoms with Crippen molar-refractivity contribution in [2.45, 2.75) is 33.2 Å². The van der Waals surface area contributed by atoms with Gasteiger partial charge in [0, 0.05) is 39.1 Å². The Morgan fingerprint density at radius 1 is 1.56 bits per heavy atom. The largest absolute Gasteiger partial charge is 0.395 e. The van der Waals surface area contributed by atoms with Crippen LogP contribution in [0.3, 0.4) is 0 Å². The number of aliphatic hydroxyl groups excluding tert-OH is 1. The van der Waals surface area contributed by atoms with E-state index in [4.69, 9.17) is 5.11 Å². The maximum Gasteiger partial charge on any atom is 0.219 e. The molecule has 1 atom stereocenters. The lowest BCUT2D eigenvalue weighted by atomic mass is 10.1. The van der Waals surface area contributed by atoms with Gasteiger partial charge in [0.15, 0.2) is 0 Å². The van der Waals surface area contributed by atoms with Crippen molar-refractivity contribution in [1.29, 1.82) is 0 Å². The quantitative estimate of drug-likeness (QED) is 0.747.